The number of methoxy groups -OCH3 is 1. The zero-order valence-electron chi connectivity index (χ0n) is 17.6. The van der Waals surface area contributed by atoms with Crippen LogP contribution >= 0.6 is 11.8 Å². The maximum absolute atomic E-state index is 12.9. The summed E-state index contributed by atoms with van der Waals surface area (Å²) in [6.07, 6.45) is 1.49. The molecule has 2 fully saturated rings. The summed E-state index contributed by atoms with van der Waals surface area (Å²) in [6, 6.07) is 13.6. The fraction of sp³-hybridized carbons (Fsp3) is 0.391. The molecule has 2 aliphatic heterocycles. The van der Waals surface area contributed by atoms with E-state index >= 15 is 0 Å². The summed E-state index contributed by atoms with van der Waals surface area (Å²) in [5.74, 6) is 1.37. The van der Waals surface area contributed by atoms with Crippen molar-refractivity contribution in [3.8, 4) is 5.75 Å². The number of anilines is 2. The molecule has 0 bridgehead atoms. The highest BCUT2D eigenvalue weighted by Gasteiger charge is 2.49. The molecule has 4 rings (SSSR count). The number of rotatable bonds is 3. The van der Waals surface area contributed by atoms with Crippen LogP contribution in [0.3, 0.4) is 0 Å². The Hall–Kier alpha value is -2.67. The predicted octanol–water partition coefficient (Wildman–Crippen LogP) is 4.42. The summed E-state index contributed by atoms with van der Waals surface area (Å²) >= 11 is 1.70. The van der Waals surface area contributed by atoms with Crippen molar-refractivity contribution in [2.75, 3.05) is 36.2 Å². The van der Waals surface area contributed by atoms with Crippen LogP contribution in [0.5, 0.6) is 5.75 Å². The second-order valence-corrected chi connectivity index (χ2v) is 9.18. The molecule has 0 saturated carbocycles. The molecule has 7 heteroatoms. The second kappa shape index (κ2) is 8.22. The summed E-state index contributed by atoms with van der Waals surface area (Å²) in [5, 5.41) is 3.08. The van der Waals surface area contributed by atoms with E-state index in [1.54, 1.807) is 18.9 Å². The van der Waals surface area contributed by atoms with E-state index in [9.17, 15) is 9.59 Å². The molecule has 0 unspecified atom stereocenters. The zero-order valence-corrected chi connectivity index (χ0v) is 18.4. The van der Waals surface area contributed by atoms with Crippen LogP contribution in [0, 0.1) is 13.8 Å². The summed E-state index contributed by atoms with van der Waals surface area (Å²) in [5.41, 5.74) is 3.88. The molecule has 158 valence electrons. The van der Waals surface area contributed by atoms with Crippen LogP contribution < -0.4 is 15.0 Å². The molecule has 2 aromatic rings. The third-order valence-electron chi connectivity index (χ3n) is 6.00. The van der Waals surface area contributed by atoms with Gasteiger partial charge in [-0.25, -0.2) is 4.79 Å². The Kier molecular flexibility index (Phi) is 5.64. The SMILES string of the molecule is COc1ccc(N2C(=O)CSC23CCN(C(=O)Nc2c(C)cccc2C)CC3)cc1. The molecule has 1 N–H and O–H groups in total. The first-order valence-electron chi connectivity index (χ1n) is 10.2. The van der Waals surface area contributed by atoms with Crippen LogP contribution in [0.1, 0.15) is 24.0 Å². The molecular formula is C23H27N3O3S. The molecule has 0 aromatic heterocycles. The minimum atomic E-state index is -0.291. The summed E-state index contributed by atoms with van der Waals surface area (Å²) in [7, 11) is 1.63. The van der Waals surface area contributed by atoms with Crippen molar-refractivity contribution in [1.29, 1.82) is 0 Å². The number of benzene rings is 2. The van der Waals surface area contributed by atoms with E-state index in [2.05, 4.69) is 5.32 Å². The van der Waals surface area contributed by atoms with Gasteiger partial charge in [-0.3, -0.25) is 9.69 Å². The van der Waals surface area contributed by atoms with Gasteiger partial charge in [0.05, 0.1) is 17.7 Å². The lowest BCUT2D eigenvalue weighted by Crippen LogP contribution is -2.53. The van der Waals surface area contributed by atoms with Crippen molar-refractivity contribution in [3.05, 3.63) is 53.6 Å². The normalized spacial score (nSPS) is 18.0. The lowest BCUT2D eigenvalue weighted by molar-refractivity contribution is -0.116. The van der Waals surface area contributed by atoms with Gasteiger partial charge in [0, 0.05) is 24.5 Å². The van der Waals surface area contributed by atoms with Gasteiger partial charge in [-0.15, -0.1) is 11.8 Å². The fourth-order valence-corrected chi connectivity index (χ4v) is 5.62. The molecule has 2 saturated heterocycles. The van der Waals surface area contributed by atoms with Gasteiger partial charge < -0.3 is 15.0 Å². The monoisotopic (exact) mass is 425 g/mol. The topological polar surface area (TPSA) is 61.9 Å². The standard InChI is InChI=1S/C23H27N3O3S/c1-16-5-4-6-17(2)21(16)24-22(28)25-13-11-23(12-14-25)26(20(27)15-30-23)18-7-9-19(29-3)10-8-18/h4-10H,11-15H2,1-3H3,(H,24,28). The van der Waals surface area contributed by atoms with E-state index in [-0.39, 0.29) is 16.8 Å². The number of piperidine rings is 1. The molecule has 1 spiro atoms. The molecule has 2 heterocycles. The first-order valence-corrected chi connectivity index (χ1v) is 11.2. The van der Waals surface area contributed by atoms with Gasteiger partial charge in [0.15, 0.2) is 0 Å². The Balaban J connectivity index is 1.47. The maximum atomic E-state index is 12.9. The average molecular weight is 426 g/mol. The van der Waals surface area contributed by atoms with Crippen molar-refractivity contribution in [2.45, 2.75) is 31.6 Å². The van der Waals surface area contributed by atoms with E-state index < -0.39 is 0 Å². The van der Waals surface area contributed by atoms with Gasteiger partial charge in [-0.05, 0) is 62.1 Å². The number of nitrogens with zero attached hydrogens (tertiary/aromatic N) is 2. The second-order valence-electron chi connectivity index (χ2n) is 7.85. The largest absolute Gasteiger partial charge is 0.497 e. The number of nitrogens with one attached hydrogen (secondary N) is 1. The number of thioether (sulfide) groups is 1. The number of ether oxygens (including phenoxy) is 1. The molecule has 3 amide bonds. The Morgan fingerprint density at radius 3 is 2.30 bits per heavy atom. The van der Waals surface area contributed by atoms with Crippen molar-refractivity contribution < 1.29 is 14.3 Å². The summed E-state index contributed by atoms with van der Waals surface area (Å²) in [6.45, 7) is 5.23. The molecule has 2 aliphatic rings. The number of carbonyl (C=O) groups is 2. The van der Waals surface area contributed by atoms with Gasteiger partial charge >= 0.3 is 6.03 Å². The summed E-state index contributed by atoms with van der Waals surface area (Å²) < 4.78 is 5.24. The Morgan fingerprint density at radius 1 is 1.07 bits per heavy atom. The van der Waals surface area contributed by atoms with Crippen LogP contribution in [0.15, 0.2) is 42.5 Å². The lowest BCUT2D eigenvalue weighted by atomic mass is 10.0. The smallest absolute Gasteiger partial charge is 0.321 e. The third kappa shape index (κ3) is 3.74. The Bertz CT molecular complexity index is 932. The number of aryl methyl sites for hydroxylation is 2. The number of likely N-dealkylation sites (tertiary alicyclic amines) is 1. The first-order chi connectivity index (χ1) is 14.4. The molecule has 2 aromatic carbocycles. The van der Waals surface area contributed by atoms with Crippen LogP contribution in [0.25, 0.3) is 0 Å². The number of para-hydroxylation sites is 1. The minimum Gasteiger partial charge on any atom is -0.497 e. The molecule has 0 radical (unpaired) electrons. The number of hydrogen-bond donors (Lipinski definition) is 1. The molecule has 0 aliphatic carbocycles. The number of carbonyl (C=O) groups excluding carboxylic acids is 2. The summed E-state index contributed by atoms with van der Waals surface area (Å²) in [4.78, 5) is 29.1. The highest BCUT2D eigenvalue weighted by molar-refractivity contribution is 8.02. The number of amides is 3. The van der Waals surface area contributed by atoms with Crippen molar-refractivity contribution >= 4 is 35.1 Å². The lowest BCUT2D eigenvalue weighted by Gasteiger charge is -2.44. The van der Waals surface area contributed by atoms with Gasteiger partial charge in [0.25, 0.3) is 0 Å². The predicted molar refractivity (Wildman–Crippen MR) is 121 cm³/mol. The van der Waals surface area contributed by atoms with Crippen LogP contribution in [0.2, 0.25) is 0 Å². The van der Waals surface area contributed by atoms with Crippen molar-refractivity contribution in [3.63, 3.8) is 0 Å². The quantitative estimate of drug-likeness (QED) is 0.791. The highest BCUT2D eigenvalue weighted by Crippen LogP contribution is 2.47. The Labute approximate surface area is 181 Å². The molecule has 30 heavy (non-hydrogen) atoms. The van der Waals surface area contributed by atoms with Crippen LogP contribution in [-0.4, -0.2) is 47.7 Å². The van der Waals surface area contributed by atoms with E-state index in [1.165, 1.54) is 0 Å². The molecular weight excluding hydrogens is 398 g/mol. The highest BCUT2D eigenvalue weighted by atomic mass is 32.2. The van der Waals surface area contributed by atoms with Crippen molar-refractivity contribution in [2.24, 2.45) is 0 Å². The van der Waals surface area contributed by atoms with Crippen molar-refractivity contribution in [1.82, 2.24) is 4.90 Å². The minimum absolute atomic E-state index is 0.0763. The van der Waals surface area contributed by atoms with Gasteiger partial charge in [-0.2, -0.15) is 0 Å². The Morgan fingerprint density at radius 2 is 1.70 bits per heavy atom. The number of urea groups is 1. The average Bonchev–Trinajstić information content (AvgIpc) is 3.07. The van der Waals surface area contributed by atoms with Gasteiger partial charge in [0.2, 0.25) is 5.91 Å². The number of hydrogen-bond acceptors (Lipinski definition) is 4. The van der Waals surface area contributed by atoms with E-state index in [0.29, 0.717) is 18.8 Å². The van der Waals surface area contributed by atoms with E-state index in [0.717, 1.165) is 41.1 Å². The first kappa shape index (κ1) is 20.6. The maximum Gasteiger partial charge on any atom is 0.321 e. The molecule has 6 nitrogen and oxygen atoms in total. The van der Waals surface area contributed by atoms with Gasteiger partial charge in [0.1, 0.15) is 5.75 Å². The van der Waals surface area contributed by atoms with E-state index in [1.807, 2.05) is 66.1 Å². The van der Waals surface area contributed by atoms with Crippen LogP contribution in [-0.2, 0) is 4.79 Å². The van der Waals surface area contributed by atoms with Gasteiger partial charge in [-0.1, -0.05) is 18.2 Å². The third-order valence-corrected chi connectivity index (χ3v) is 7.52. The van der Waals surface area contributed by atoms with E-state index in [4.69, 9.17) is 4.74 Å². The van der Waals surface area contributed by atoms with Crippen LogP contribution in [0.4, 0.5) is 16.2 Å². The zero-order chi connectivity index (χ0) is 21.3. The fourth-order valence-electron chi connectivity index (χ4n) is 4.29. The molecule has 0 atom stereocenters.